The summed E-state index contributed by atoms with van der Waals surface area (Å²) in [6.07, 6.45) is 2.71. The molecule has 8 heteroatoms. The Bertz CT molecular complexity index is 1640. The van der Waals surface area contributed by atoms with Gasteiger partial charge in [-0.1, -0.05) is 74.5 Å². The molecule has 3 amide bonds. The number of rotatable bonds is 11. The van der Waals surface area contributed by atoms with E-state index in [1.807, 2.05) is 38.1 Å². The first kappa shape index (κ1) is 31.3. The molecule has 6 nitrogen and oxygen atoms in total. The highest BCUT2D eigenvalue weighted by molar-refractivity contribution is 8.00. The summed E-state index contributed by atoms with van der Waals surface area (Å²) in [5.74, 6) is -1.74. The number of para-hydroxylation sites is 1. The minimum Gasteiger partial charge on any atom is -0.325 e. The maximum Gasteiger partial charge on any atom is 0.272 e. The zero-order chi connectivity index (χ0) is 30.8. The van der Waals surface area contributed by atoms with E-state index in [0.29, 0.717) is 17.7 Å². The zero-order valence-electron chi connectivity index (χ0n) is 24.3. The Morgan fingerprint density at radius 2 is 1.58 bits per heavy atom. The van der Waals surface area contributed by atoms with Gasteiger partial charge in [-0.05, 0) is 73.4 Å². The molecule has 0 saturated heterocycles. The van der Waals surface area contributed by atoms with Crippen LogP contribution in [0.3, 0.4) is 0 Å². The minimum atomic E-state index is -0.619. The molecule has 0 spiro atoms. The highest BCUT2D eigenvalue weighted by atomic mass is 32.2. The molecule has 0 aliphatic heterocycles. The second-order valence-electron chi connectivity index (χ2n) is 9.85. The van der Waals surface area contributed by atoms with Crippen LogP contribution in [-0.4, -0.2) is 23.0 Å². The van der Waals surface area contributed by atoms with Crippen molar-refractivity contribution in [1.29, 1.82) is 0 Å². The Balaban J connectivity index is 1.52. The summed E-state index contributed by atoms with van der Waals surface area (Å²) in [5.41, 5.74) is 3.79. The van der Waals surface area contributed by atoms with E-state index in [4.69, 9.17) is 0 Å². The summed E-state index contributed by atoms with van der Waals surface area (Å²) in [5, 5.41) is 8.18. The van der Waals surface area contributed by atoms with Crippen LogP contribution in [0.2, 0.25) is 0 Å². The second-order valence-corrected chi connectivity index (χ2v) is 11.1. The van der Waals surface area contributed by atoms with Gasteiger partial charge in [0.15, 0.2) is 0 Å². The first-order valence-corrected chi connectivity index (χ1v) is 15.0. The lowest BCUT2D eigenvalue weighted by Gasteiger charge is -2.18. The molecule has 4 aromatic rings. The molecule has 0 bridgehead atoms. The van der Waals surface area contributed by atoms with Gasteiger partial charge in [0.2, 0.25) is 5.91 Å². The summed E-state index contributed by atoms with van der Waals surface area (Å²) >= 11 is 1.40. The molecule has 0 aliphatic carbocycles. The molecule has 220 valence electrons. The number of nitrogens with one attached hydrogen (secondary N) is 3. The summed E-state index contributed by atoms with van der Waals surface area (Å²) in [6.45, 7) is 5.99. The van der Waals surface area contributed by atoms with E-state index in [1.54, 1.807) is 60.7 Å². The van der Waals surface area contributed by atoms with Crippen LogP contribution in [-0.2, 0) is 16.0 Å². The number of halogens is 1. The summed E-state index contributed by atoms with van der Waals surface area (Å²) in [6, 6.07) is 27.6. The molecule has 1 atom stereocenters. The fourth-order valence-electron chi connectivity index (χ4n) is 4.43. The van der Waals surface area contributed by atoms with Crippen LogP contribution in [0.5, 0.6) is 0 Å². The van der Waals surface area contributed by atoms with Gasteiger partial charge in [0, 0.05) is 27.4 Å². The van der Waals surface area contributed by atoms with Crippen LogP contribution in [0.1, 0.15) is 47.3 Å². The number of hydrogen-bond donors (Lipinski definition) is 3. The number of thioether (sulfide) groups is 1. The molecular weight excluding hydrogens is 561 g/mol. The van der Waals surface area contributed by atoms with Crippen molar-refractivity contribution in [2.75, 3.05) is 10.6 Å². The lowest BCUT2D eigenvalue weighted by Crippen LogP contribution is -2.30. The molecule has 0 fully saturated rings. The largest absolute Gasteiger partial charge is 0.325 e. The molecule has 0 aliphatic rings. The average molecular weight is 596 g/mol. The fraction of sp³-hybridized carbons (Fsp3) is 0.171. The summed E-state index contributed by atoms with van der Waals surface area (Å²) in [4.78, 5) is 40.3. The SMILES string of the molecule is CCc1cccc(C)c1NC(=O)C(CC)Sc1cccc(NC(=O)/C(=C/c2ccccc2F)NC(=O)c2ccccc2)c1. The van der Waals surface area contributed by atoms with Crippen LogP contribution in [0.4, 0.5) is 15.8 Å². The van der Waals surface area contributed by atoms with Crippen molar-refractivity contribution in [1.82, 2.24) is 5.32 Å². The van der Waals surface area contributed by atoms with Crippen LogP contribution in [0.25, 0.3) is 6.08 Å². The molecule has 4 rings (SSSR count). The van der Waals surface area contributed by atoms with Gasteiger partial charge >= 0.3 is 0 Å². The predicted molar refractivity (Wildman–Crippen MR) is 172 cm³/mol. The van der Waals surface area contributed by atoms with Gasteiger partial charge in [-0.2, -0.15) is 0 Å². The molecule has 3 N–H and O–H groups in total. The Labute approximate surface area is 255 Å². The third-order valence-corrected chi connectivity index (χ3v) is 8.11. The van der Waals surface area contributed by atoms with Gasteiger partial charge in [-0.3, -0.25) is 14.4 Å². The lowest BCUT2D eigenvalue weighted by atomic mass is 10.1. The smallest absolute Gasteiger partial charge is 0.272 e. The molecule has 0 aromatic heterocycles. The minimum absolute atomic E-state index is 0.0929. The Kier molecular flexibility index (Phi) is 10.9. The number of amides is 3. The predicted octanol–water partition coefficient (Wildman–Crippen LogP) is 7.62. The van der Waals surface area contributed by atoms with Gasteiger partial charge in [-0.15, -0.1) is 11.8 Å². The Morgan fingerprint density at radius 3 is 2.30 bits per heavy atom. The standard InChI is InChI=1S/C35H34FN3O3S/c1-4-24-17-11-13-23(3)32(24)39-35(42)31(5-2)43-28-19-12-18-27(22-28)37-34(41)30(21-26-16-9-10-20-29(26)36)38-33(40)25-14-7-6-8-15-25/h6-22,31H,4-5H2,1-3H3,(H,37,41)(H,38,40)(H,39,42)/b30-21-. The van der Waals surface area contributed by atoms with Crippen LogP contribution >= 0.6 is 11.8 Å². The van der Waals surface area contributed by atoms with E-state index >= 15 is 0 Å². The Morgan fingerprint density at radius 1 is 0.860 bits per heavy atom. The third kappa shape index (κ3) is 8.42. The molecule has 43 heavy (non-hydrogen) atoms. The molecule has 1 unspecified atom stereocenters. The highest BCUT2D eigenvalue weighted by Crippen LogP contribution is 2.30. The second kappa shape index (κ2) is 15.0. The van der Waals surface area contributed by atoms with E-state index in [9.17, 15) is 18.8 Å². The first-order valence-electron chi connectivity index (χ1n) is 14.1. The molecular formula is C35H34FN3O3S. The monoisotopic (exact) mass is 595 g/mol. The average Bonchev–Trinajstić information content (AvgIpc) is 3.02. The van der Waals surface area contributed by atoms with Crippen molar-refractivity contribution in [3.8, 4) is 0 Å². The normalized spacial score (nSPS) is 11.9. The number of anilines is 2. The van der Waals surface area contributed by atoms with E-state index in [0.717, 1.165) is 28.1 Å². The number of aryl methyl sites for hydroxylation is 2. The van der Waals surface area contributed by atoms with Crippen LogP contribution in [0.15, 0.2) is 108 Å². The topological polar surface area (TPSA) is 87.3 Å². The van der Waals surface area contributed by atoms with E-state index in [1.165, 1.54) is 30.0 Å². The third-order valence-electron chi connectivity index (χ3n) is 6.76. The fourth-order valence-corrected chi connectivity index (χ4v) is 5.44. The number of hydrogen-bond acceptors (Lipinski definition) is 4. The van der Waals surface area contributed by atoms with Gasteiger partial charge in [0.25, 0.3) is 11.8 Å². The van der Waals surface area contributed by atoms with Gasteiger partial charge < -0.3 is 16.0 Å². The summed E-state index contributed by atoms with van der Waals surface area (Å²) < 4.78 is 14.5. The Hall–Kier alpha value is -4.69. The van der Waals surface area contributed by atoms with E-state index in [-0.39, 0.29) is 22.4 Å². The number of carbonyl (C=O) groups is 3. The van der Waals surface area contributed by atoms with Gasteiger partial charge in [-0.25, -0.2) is 4.39 Å². The van der Waals surface area contributed by atoms with Crippen molar-refractivity contribution in [3.05, 3.63) is 131 Å². The lowest BCUT2D eigenvalue weighted by molar-refractivity contribution is -0.116. The zero-order valence-corrected chi connectivity index (χ0v) is 25.1. The van der Waals surface area contributed by atoms with Crippen LogP contribution in [0, 0.1) is 12.7 Å². The van der Waals surface area contributed by atoms with Crippen molar-refractivity contribution in [2.24, 2.45) is 0 Å². The van der Waals surface area contributed by atoms with E-state index < -0.39 is 17.6 Å². The van der Waals surface area contributed by atoms with Crippen molar-refractivity contribution in [2.45, 2.75) is 43.8 Å². The molecule has 0 heterocycles. The van der Waals surface area contributed by atoms with Crippen molar-refractivity contribution < 1.29 is 18.8 Å². The quantitative estimate of drug-likeness (QED) is 0.123. The van der Waals surface area contributed by atoms with Crippen molar-refractivity contribution >= 4 is 46.9 Å². The van der Waals surface area contributed by atoms with E-state index in [2.05, 4.69) is 22.9 Å². The number of carbonyl (C=O) groups excluding carboxylic acids is 3. The molecule has 0 saturated carbocycles. The first-order chi connectivity index (χ1) is 20.8. The molecule has 4 aromatic carbocycles. The van der Waals surface area contributed by atoms with Gasteiger partial charge in [0.1, 0.15) is 11.5 Å². The van der Waals surface area contributed by atoms with Crippen molar-refractivity contribution in [3.63, 3.8) is 0 Å². The maximum absolute atomic E-state index is 14.5. The van der Waals surface area contributed by atoms with Gasteiger partial charge in [0.05, 0.1) is 5.25 Å². The number of benzene rings is 4. The maximum atomic E-state index is 14.5. The summed E-state index contributed by atoms with van der Waals surface area (Å²) in [7, 11) is 0. The highest BCUT2D eigenvalue weighted by Gasteiger charge is 2.21. The van der Waals surface area contributed by atoms with Crippen LogP contribution < -0.4 is 16.0 Å². The molecule has 0 radical (unpaired) electrons.